The van der Waals surface area contributed by atoms with Crippen molar-refractivity contribution in [1.29, 1.82) is 0 Å². The number of methoxy groups -OCH3 is 1. The first-order chi connectivity index (χ1) is 8.81. The fourth-order valence-electron chi connectivity index (χ4n) is 2.16. The number of hydrogen-bond acceptors (Lipinski definition) is 4. The highest BCUT2D eigenvalue weighted by Gasteiger charge is 2.17. The normalized spacial score (nSPS) is 19.9. The van der Waals surface area contributed by atoms with Crippen LogP contribution in [0.25, 0.3) is 0 Å². The molecule has 0 aliphatic carbocycles. The van der Waals surface area contributed by atoms with Crippen molar-refractivity contribution in [2.45, 2.75) is 25.3 Å². The third-order valence-corrected chi connectivity index (χ3v) is 3.16. The summed E-state index contributed by atoms with van der Waals surface area (Å²) in [6.07, 6.45) is 6.25. The molecule has 2 heterocycles. The number of carbonyl (C=O) groups excluding carboxylic acids is 1. The van der Waals surface area contributed by atoms with Crippen LogP contribution in [0.3, 0.4) is 0 Å². The fourth-order valence-corrected chi connectivity index (χ4v) is 2.16. The molecule has 2 rings (SSSR count). The van der Waals surface area contributed by atoms with Crippen LogP contribution in [-0.4, -0.2) is 37.1 Å². The fraction of sp³-hybridized carbons (Fsp3) is 0.538. The zero-order chi connectivity index (χ0) is 12.8. The van der Waals surface area contributed by atoms with Crippen LogP contribution in [0.5, 0.6) is 5.75 Å². The van der Waals surface area contributed by atoms with E-state index in [2.05, 4.69) is 15.6 Å². The number of aromatic nitrogens is 1. The van der Waals surface area contributed by atoms with Gasteiger partial charge in [0.15, 0.2) is 0 Å². The minimum absolute atomic E-state index is 0.0823. The summed E-state index contributed by atoms with van der Waals surface area (Å²) in [5.41, 5.74) is 0.546. The van der Waals surface area contributed by atoms with Crippen LogP contribution in [0.1, 0.15) is 29.6 Å². The third kappa shape index (κ3) is 3.20. The average Bonchev–Trinajstić information content (AvgIpc) is 2.67. The number of rotatable bonds is 3. The van der Waals surface area contributed by atoms with Crippen LogP contribution in [0.4, 0.5) is 0 Å². The first kappa shape index (κ1) is 12.8. The van der Waals surface area contributed by atoms with Crippen molar-refractivity contribution in [2.24, 2.45) is 0 Å². The molecular weight excluding hydrogens is 230 g/mol. The van der Waals surface area contributed by atoms with E-state index in [9.17, 15) is 4.79 Å². The van der Waals surface area contributed by atoms with Crippen molar-refractivity contribution >= 4 is 5.91 Å². The molecule has 1 aromatic rings. The van der Waals surface area contributed by atoms with Crippen molar-refractivity contribution in [3.05, 3.63) is 24.0 Å². The summed E-state index contributed by atoms with van der Waals surface area (Å²) < 4.78 is 5.14. The van der Waals surface area contributed by atoms with E-state index in [0.29, 0.717) is 11.3 Å². The van der Waals surface area contributed by atoms with Gasteiger partial charge in [-0.15, -0.1) is 0 Å². The van der Waals surface area contributed by atoms with Crippen molar-refractivity contribution in [2.75, 3.05) is 20.2 Å². The lowest BCUT2D eigenvalue weighted by molar-refractivity contribution is 0.0931. The SMILES string of the molecule is COc1cnccc1C(=O)NC1CCCNCC1. The minimum Gasteiger partial charge on any atom is -0.494 e. The molecule has 0 radical (unpaired) electrons. The highest BCUT2D eigenvalue weighted by molar-refractivity contribution is 5.96. The van der Waals surface area contributed by atoms with E-state index in [4.69, 9.17) is 4.74 Å². The summed E-state index contributed by atoms with van der Waals surface area (Å²) in [6.45, 7) is 1.99. The molecule has 1 fully saturated rings. The number of amides is 1. The van der Waals surface area contributed by atoms with Gasteiger partial charge in [-0.1, -0.05) is 0 Å². The van der Waals surface area contributed by atoms with Gasteiger partial charge in [0, 0.05) is 12.2 Å². The zero-order valence-corrected chi connectivity index (χ0v) is 10.6. The summed E-state index contributed by atoms with van der Waals surface area (Å²) in [7, 11) is 1.55. The van der Waals surface area contributed by atoms with Gasteiger partial charge in [-0.05, 0) is 38.4 Å². The molecule has 5 heteroatoms. The van der Waals surface area contributed by atoms with Gasteiger partial charge in [-0.25, -0.2) is 0 Å². The third-order valence-electron chi connectivity index (χ3n) is 3.16. The molecule has 0 aromatic carbocycles. The van der Waals surface area contributed by atoms with E-state index in [1.165, 1.54) is 0 Å². The number of carbonyl (C=O) groups is 1. The summed E-state index contributed by atoms with van der Waals surface area (Å²) in [5.74, 6) is 0.433. The minimum atomic E-state index is -0.0823. The molecule has 1 unspecified atom stereocenters. The second-order valence-electron chi connectivity index (χ2n) is 4.43. The van der Waals surface area contributed by atoms with Gasteiger partial charge < -0.3 is 15.4 Å². The lowest BCUT2D eigenvalue weighted by atomic mass is 10.1. The largest absolute Gasteiger partial charge is 0.494 e. The molecule has 2 N–H and O–H groups in total. The first-order valence-corrected chi connectivity index (χ1v) is 6.31. The molecular formula is C13H19N3O2. The second kappa shape index (κ2) is 6.35. The highest BCUT2D eigenvalue weighted by atomic mass is 16.5. The van der Waals surface area contributed by atoms with Gasteiger partial charge >= 0.3 is 0 Å². The van der Waals surface area contributed by atoms with Crippen LogP contribution in [0.15, 0.2) is 18.5 Å². The Balaban J connectivity index is 2.02. The van der Waals surface area contributed by atoms with Crippen LogP contribution >= 0.6 is 0 Å². The maximum atomic E-state index is 12.2. The number of hydrogen-bond donors (Lipinski definition) is 2. The molecule has 1 amide bonds. The van der Waals surface area contributed by atoms with Crippen molar-refractivity contribution in [3.8, 4) is 5.75 Å². The molecule has 5 nitrogen and oxygen atoms in total. The average molecular weight is 249 g/mol. The van der Waals surface area contributed by atoms with Gasteiger partial charge in [0.05, 0.1) is 18.9 Å². The Morgan fingerprint density at radius 2 is 2.39 bits per heavy atom. The smallest absolute Gasteiger partial charge is 0.255 e. The predicted octanol–water partition coefficient (Wildman–Crippen LogP) is 0.962. The van der Waals surface area contributed by atoms with Gasteiger partial charge in [0.1, 0.15) is 5.75 Å². The van der Waals surface area contributed by atoms with Crippen molar-refractivity contribution in [3.63, 3.8) is 0 Å². The zero-order valence-electron chi connectivity index (χ0n) is 10.6. The second-order valence-corrected chi connectivity index (χ2v) is 4.43. The van der Waals surface area contributed by atoms with Crippen LogP contribution in [-0.2, 0) is 0 Å². The maximum Gasteiger partial charge on any atom is 0.255 e. The number of nitrogens with zero attached hydrogens (tertiary/aromatic N) is 1. The monoisotopic (exact) mass is 249 g/mol. The Bertz CT molecular complexity index is 401. The lowest BCUT2D eigenvalue weighted by Gasteiger charge is -2.16. The van der Waals surface area contributed by atoms with Gasteiger partial charge in [0.25, 0.3) is 5.91 Å². The lowest BCUT2D eigenvalue weighted by Crippen LogP contribution is -2.35. The number of pyridine rings is 1. The van der Waals surface area contributed by atoms with E-state index in [1.807, 2.05) is 0 Å². The summed E-state index contributed by atoms with van der Waals surface area (Å²) in [6, 6.07) is 1.92. The molecule has 0 spiro atoms. The van der Waals surface area contributed by atoms with Gasteiger partial charge in [0.2, 0.25) is 0 Å². The number of ether oxygens (including phenoxy) is 1. The molecule has 1 aliphatic heterocycles. The molecule has 18 heavy (non-hydrogen) atoms. The Morgan fingerprint density at radius 1 is 1.50 bits per heavy atom. The Kier molecular flexibility index (Phi) is 4.52. The van der Waals surface area contributed by atoms with Crippen LogP contribution < -0.4 is 15.4 Å². The van der Waals surface area contributed by atoms with Crippen LogP contribution in [0, 0.1) is 0 Å². The quantitative estimate of drug-likeness (QED) is 0.837. The molecule has 98 valence electrons. The molecule has 1 saturated heterocycles. The van der Waals surface area contributed by atoms with E-state index >= 15 is 0 Å². The Hall–Kier alpha value is -1.62. The number of nitrogens with one attached hydrogen (secondary N) is 2. The van der Waals surface area contributed by atoms with E-state index in [1.54, 1.807) is 25.6 Å². The molecule has 1 atom stereocenters. The van der Waals surface area contributed by atoms with Gasteiger partial charge in [-0.2, -0.15) is 0 Å². The summed E-state index contributed by atoms with van der Waals surface area (Å²) >= 11 is 0. The predicted molar refractivity (Wildman–Crippen MR) is 68.8 cm³/mol. The molecule has 1 aliphatic rings. The van der Waals surface area contributed by atoms with Gasteiger partial charge in [-0.3, -0.25) is 9.78 Å². The molecule has 1 aromatic heterocycles. The van der Waals surface area contributed by atoms with Crippen molar-refractivity contribution in [1.82, 2.24) is 15.6 Å². The highest BCUT2D eigenvalue weighted by Crippen LogP contribution is 2.16. The van der Waals surface area contributed by atoms with Crippen LogP contribution in [0.2, 0.25) is 0 Å². The Labute approximate surface area is 107 Å². The van der Waals surface area contributed by atoms with E-state index in [0.717, 1.165) is 32.4 Å². The van der Waals surface area contributed by atoms with Crippen molar-refractivity contribution < 1.29 is 9.53 Å². The Morgan fingerprint density at radius 3 is 3.22 bits per heavy atom. The standard InChI is InChI=1S/C13H19N3O2/c1-18-12-9-15-8-5-11(12)13(17)16-10-3-2-6-14-7-4-10/h5,8-10,14H,2-4,6-7H2,1H3,(H,16,17). The summed E-state index contributed by atoms with van der Waals surface area (Å²) in [5, 5.41) is 6.39. The topological polar surface area (TPSA) is 63.2 Å². The first-order valence-electron chi connectivity index (χ1n) is 6.31. The maximum absolute atomic E-state index is 12.2. The molecule has 0 bridgehead atoms. The summed E-state index contributed by atoms with van der Waals surface area (Å²) in [4.78, 5) is 16.1. The van der Waals surface area contributed by atoms with E-state index < -0.39 is 0 Å². The molecule has 0 saturated carbocycles. The van der Waals surface area contributed by atoms with E-state index in [-0.39, 0.29) is 11.9 Å².